The van der Waals surface area contributed by atoms with E-state index in [0.29, 0.717) is 0 Å². The molecule has 0 unspecified atom stereocenters. The second-order valence-electron chi connectivity index (χ2n) is 4.60. The van der Waals surface area contributed by atoms with Gasteiger partial charge in [0.2, 0.25) is 0 Å². The van der Waals surface area contributed by atoms with Crippen molar-refractivity contribution >= 4 is 0 Å². The van der Waals surface area contributed by atoms with E-state index in [2.05, 4.69) is 32.3 Å². The van der Waals surface area contributed by atoms with Crippen molar-refractivity contribution < 1.29 is 0 Å². The maximum Gasteiger partial charge on any atom is -0.0167 e. The summed E-state index contributed by atoms with van der Waals surface area (Å²) >= 11 is 0. The van der Waals surface area contributed by atoms with Crippen molar-refractivity contribution in [3.63, 3.8) is 0 Å². The predicted octanol–water partition coefficient (Wildman–Crippen LogP) is 5.09. The molecule has 0 nitrogen and oxygen atoms in total. The zero-order valence-electron chi connectivity index (χ0n) is 10.5. The molecule has 0 saturated heterocycles. The molecule has 1 fully saturated rings. The molecule has 0 aromatic carbocycles. The molecule has 0 heterocycles. The van der Waals surface area contributed by atoms with Gasteiger partial charge in [-0.15, -0.1) is 6.58 Å². The van der Waals surface area contributed by atoms with Gasteiger partial charge in [-0.1, -0.05) is 44.6 Å². The highest BCUT2D eigenvalue weighted by Gasteiger charge is 2.15. The maximum absolute atomic E-state index is 3.74. The Labute approximate surface area is 103 Å². The quantitative estimate of drug-likeness (QED) is 0.353. The Morgan fingerprint density at radius 1 is 0.812 bits per heavy atom. The van der Waals surface area contributed by atoms with E-state index in [1.54, 1.807) is 0 Å². The number of hydrogen-bond acceptors (Lipinski definition) is 0. The fourth-order valence-electron chi connectivity index (χ4n) is 2.08. The summed E-state index contributed by atoms with van der Waals surface area (Å²) in [4.78, 5) is 0. The van der Waals surface area contributed by atoms with E-state index in [1.807, 2.05) is 6.08 Å². The third-order valence-corrected chi connectivity index (χ3v) is 3.11. The summed E-state index contributed by atoms with van der Waals surface area (Å²) in [6.07, 6.45) is 22.9. The first-order valence-corrected chi connectivity index (χ1v) is 6.75. The van der Waals surface area contributed by atoms with E-state index < -0.39 is 0 Å². The van der Waals surface area contributed by atoms with Crippen LogP contribution in [0.2, 0.25) is 0 Å². The molecule has 0 N–H and O–H groups in total. The Hall–Kier alpha value is -0.260. The topological polar surface area (TPSA) is 0 Å². The van der Waals surface area contributed by atoms with Crippen LogP contribution in [0.25, 0.3) is 0 Å². The second-order valence-corrected chi connectivity index (χ2v) is 4.60. The molecule has 1 rings (SSSR count). The van der Waals surface area contributed by atoms with Gasteiger partial charge in [0.25, 0.3) is 0 Å². The summed E-state index contributed by atoms with van der Waals surface area (Å²) in [6.45, 7) is 3.74. The van der Waals surface area contributed by atoms with E-state index >= 15 is 0 Å². The fraction of sp³-hybridized carbons (Fsp3) is 0.562. The average molecular weight is 217 g/mol. The smallest absolute Gasteiger partial charge is 0.0167 e. The van der Waals surface area contributed by atoms with Crippen LogP contribution in [-0.2, 0) is 0 Å². The van der Waals surface area contributed by atoms with E-state index in [-0.39, 0.29) is 0 Å². The summed E-state index contributed by atoms with van der Waals surface area (Å²) in [5.41, 5.74) is 0. The normalized spacial score (nSPS) is 16.8. The molecule has 1 aliphatic carbocycles. The minimum absolute atomic E-state index is 1.19. The lowest BCUT2D eigenvalue weighted by Crippen LogP contribution is -1.91. The molecule has 0 aromatic heterocycles. The molecule has 0 heteroatoms. The SMILES string of the molecule is C=CCCCCCCCCC[C]1[CH][CH][CH][CH]1. The van der Waals surface area contributed by atoms with Crippen LogP contribution < -0.4 is 0 Å². The zero-order valence-corrected chi connectivity index (χ0v) is 10.5. The van der Waals surface area contributed by atoms with Crippen molar-refractivity contribution in [2.24, 2.45) is 0 Å². The monoisotopic (exact) mass is 217 g/mol. The Morgan fingerprint density at radius 2 is 1.38 bits per heavy atom. The van der Waals surface area contributed by atoms with Gasteiger partial charge in [-0.25, -0.2) is 0 Å². The van der Waals surface area contributed by atoms with Gasteiger partial charge in [-0.05, 0) is 50.9 Å². The molecule has 0 aromatic rings. The van der Waals surface area contributed by atoms with Crippen molar-refractivity contribution in [3.8, 4) is 0 Å². The van der Waals surface area contributed by atoms with E-state index in [1.165, 1.54) is 63.7 Å². The lowest BCUT2D eigenvalue weighted by molar-refractivity contribution is 0.576. The predicted molar refractivity (Wildman–Crippen MR) is 72.2 cm³/mol. The van der Waals surface area contributed by atoms with Crippen LogP contribution >= 0.6 is 0 Å². The van der Waals surface area contributed by atoms with Crippen LogP contribution in [-0.4, -0.2) is 0 Å². The molecule has 0 amide bonds. The van der Waals surface area contributed by atoms with Gasteiger partial charge >= 0.3 is 0 Å². The van der Waals surface area contributed by atoms with Crippen LogP contribution in [0.1, 0.15) is 57.8 Å². The largest absolute Gasteiger partial charge is 0.103 e. The first-order chi connectivity index (χ1) is 7.93. The number of allylic oxidation sites excluding steroid dienone is 1. The molecule has 16 heavy (non-hydrogen) atoms. The molecule has 1 saturated carbocycles. The highest BCUT2D eigenvalue weighted by atomic mass is 14.2. The first-order valence-electron chi connectivity index (χ1n) is 6.75. The maximum atomic E-state index is 3.74. The highest BCUT2D eigenvalue weighted by molar-refractivity contribution is 5.34. The van der Waals surface area contributed by atoms with Crippen molar-refractivity contribution in [2.45, 2.75) is 57.8 Å². The Balaban J connectivity index is 1.72. The molecule has 1 aliphatic rings. The van der Waals surface area contributed by atoms with Crippen LogP contribution in [0.5, 0.6) is 0 Å². The molecular formula is C16H25. The van der Waals surface area contributed by atoms with Crippen LogP contribution in [0.4, 0.5) is 0 Å². The van der Waals surface area contributed by atoms with Gasteiger partial charge in [0.05, 0.1) is 0 Å². The zero-order chi connectivity index (χ0) is 11.5. The molecular weight excluding hydrogens is 192 g/mol. The molecule has 0 spiro atoms. The third-order valence-electron chi connectivity index (χ3n) is 3.11. The van der Waals surface area contributed by atoms with Gasteiger partial charge in [-0.2, -0.15) is 0 Å². The van der Waals surface area contributed by atoms with Crippen LogP contribution in [0.15, 0.2) is 12.7 Å². The van der Waals surface area contributed by atoms with Gasteiger partial charge < -0.3 is 0 Å². The third kappa shape index (κ3) is 7.09. The highest BCUT2D eigenvalue weighted by Crippen LogP contribution is 2.28. The average Bonchev–Trinajstić information content (AvgIpc) is 2.80. The van der Waals surface area contributed by atoms with Crippen molar-refractivity contribution in [2.75, 3.05) is 0 Å². The van der Waals surface area contributed by atoms with E-state index in [4.69, 9.17) is 0 Å². The number of rotatable bonds is 10. The van der Waals surface area contributed by atoms with Crippen LogP contribution in [0.3, 0.4) is 0 Å². The minimum atomic E-state index is 1.19. The molecule has 89 valence electrons. The second kappa shape index (κ2) is 9.93. The van der Waals surface area contributed by atoms with Crippen molar-refractivity contribution in [1.82, 2.24) is 0 Å². The molecule has 0 aliphatic heterocycles. The number of hydrogen-bond donors (Lipinski definition) is 0. The summed E-state index contributed by atoms with van der Waals surface area (Å²) in [5, 5.41) is 0. The Kier molecular flexibility index (Phi) is 8.57. The Morgan fingerprint density at radius 3 is 2.00 bits per heavy atom. The lowest BCUT2D eigenvalue weighted by atomic mass is 9.99. The summed E-state index contributed by atoms with van der Waals surface area (Å²) in [6, 6.07) is 0. The van der Waals surface area contributed by atoms with Gasteiger partial charge in [0.15, 0.2) is 0 Å². The summed E-state index contributed by atoms with van der Waals surface area (Å²) < 4.78 is 0. The van der Waals surface area contributed by atoms with Gasteiger partial charge in [0.1, 0.15) is 0 Å². The van der Waals surface area contributed by atoms with E-state index in [0.717, 1.165) is 0 Å². The fourth-order valence-corrected chi connectivity index (χ4v) is 2.08. The lowest BCUT2D eigenvalue weighted by Gasteiger charge is -2.06. The van der Waals surface area contributed by atoms with Crippen LogP contribution in [0, 0.1) is 31.6 Å². The standard InChI is InChI=1S/C16H25/c1-2-3-4-5-6-7-8-9-10-13-16-14-11-12-15-16/h2,11-12,14-15H,1,3-10,13H2. The summed E-state index contributed by atoms with van der Waals surface area (Å²) in [7, 11) is 0. The van der Waals surface area contributed by atoms with Gasteiger partial charge in [0, 0.05) is 0 Å². The van der Waals surface area contributed by atoms with Crippen molar-refractivity contribution in [1.29, 1.82) is 0 Å². The molecule has 0 bridgehead atoms. The van der Waals surface area contributed by atoms with Gasteiger partial charge in [-0.3, -0.25) is 0 Å². The molecule has 5 radical (unpaired) electrons. The number of unbranched alkanes of at least 4 members (excludes halogenated alkanes) is 7. The van der Waals surface area contributed by atoms with E-state index in [9.17, 15) is 0 Å². The first kappa shape index (κ1) is 13.8. The van der Waals surface area contributed by atoms with Crippen molar-refractivity contribution in [3.05, 3.63) is 44.3 Å². The molecule has 0 atom stereocenters. The Bertz CT molecular complexity index is 153. The summed E-state index contributed by atoms with van der Waals surface area (Å²) in [5.74, 6) is 1.51. The minimum Gasteiger partial charge on any atom is -0.103 e.